The van der Waals surface area contributed by atoms with Gasteiger partial charge in [0.25, 0.3) is 0 Å². The zero-order valence-corrected chi connectivity index (χ0v) is 9.20. The Morgan fingerprint density at radius 3 is 3.06 bits per heavy atom. The summed E-state index contributed by atoms with van der Waals surface area (Å²) in [6.07, 6.45) is 2.92. The van der Waals surface area contributed by atoms with Gasteiger partial charge in [0.15, 0.2) is 0 Å². The van der Waals surface area contributed by atoms with E-state index >= 15 is 0 Å². The van der Waals surface area contributed by atoms with E-state index in [1.165, 1.54) is 10.9 Å². The van der Waals surface area contributed by atoms with Crippen LogP contribution in [-0.2, 0) is 6.42 Å². The first-order chi connectivity index (χ1) is 7.93. The summed E-state index contributed by atoms with van der Waals surface area (Å²) >= 11 is 0. The molecule has 1 aromatic carbocycles. The van der Waals surface area contributed by atoms with E-state index in [0.29, 0.717) is 6.04 Å². The molecule has 0 spiro atoms. The minimum atomic E-state index is 0.523. The SMILES string of the molecule is c1ccc2c(CC3CNCCN3)coc2c1. The van der Waals surface area contributed by atoms with Gasteiger partial charge in [0.2, 0.25) is 0 Å². The van der Waals surface area contributed by atoms with Crippen LogP contribution in [0, 0.1) is 0 Å². The van der Waals surface area contributed by atoms with Crippen LogP contribution >= 0.6 is 0 Å². The number of fused-ring (bicyclic) bond motifs is 1. The molecule has 3 heteroatoms. The highest BCUT2D eigenvalue weighted by Crippen LogP contribution is 2.21. The molecule has 1 saturated heterocycles. The summed E-state index contributed by atoms with van der Waals surface area (Å²) in [5, 5.41) is 8.17. The van der Waals surface area contributed by atoms with Crippen LogP contribution in [0.2, 0.25) is 0 Å². The summed E-state index contributed by atoms with van der Waals surface area (Å²) in [4.78, 5) is 0. The van der Waals surface area contributed by atoms with E-state index in [1.807, 2.05) is 18.4 Å². The van der Waals surface area contributed by atoms with Crippen LogP contribution in [0.1, 0.15) is 5.56 Å². The molecule has 3 rings (SSSR count). The van der Waals surface area contributed by atoms with Crippen molar-refractivity contribution in [2.24, 2.45) is 0 Å². The number of nitrogens with one attached hydrogen (secondary N) is 2. The number of piperazine rings is 1. The predicted octanol–water partition coefficient (Wildman–Crippen LogP) is 1.54. The van der Waals surface area contributed by atoms with Crippen molar-refractivity contribution < 1.29 is 4.42 Å². The highest BCUT2D eigenvalue weighted by Gasteiger charge is 2.15. The van der Waals surface area contributed by atoms with Crippen molar-refractivity contribution in [2.75, 3.05) is 19.6 Å². The maximum Gasteiger partial charge on any atom is 0.134 e. The van der Waals surface area contributed by atoms with Crippen molar-refractivity contribution in [1.82, 2.24) is 10.6 Å². The van der Waals surface area contributed by atoms with Gasteiger partial charge in [0, 0.05) is 31.1 Å². The van der Waals surface area contributed by atoms with Crippen LogP contribution in [0.5, 0.6) is 0 Å². The summed E-state index contributed by atoms with van der Waals surface area (Å²) in [5.74, 6) is 0. The lowest BCUT2D eigenvalue weighted by Crippen LogP contribution is -2.49. The van der Waals surface area contributed by atoms with Gasteiger partial charge in [-0.3, -0.25) is 0 Å². The number of hydrogen-bond donors (Lipinski definition) is 2. The molecule has 2 aromatic rings. The number of furan rings is 1. The molecule has 0 amide bonds. The summed E-state index contributed by atoms with van der Waals surface area (Å²) in [6.45, 7) is 3.17. The van der Waals surface area contributed by atoms with Gasteiger partial charge in [-0.15, -0.1) is 0 Å². The van der Waals surface area contributed by atoms with E-state index in [2.05, 4.69) is 22.8 Å². The first-order valence-corrected chi connectivity index (χ1v) is 5.83. The molecular formula is C13H16N2O. The number of benzene rings is 1. The quantitative estimate of drug-likeness (QED) is 0.799. The average molecular weight is 216 g/mol. The van der Waals surface area contributed by atoms with Gasteiger partial charge in [0.1, 0.15) is 5.58 Å². The highest BCUT2D eigenvalue weighted by atomic mass is 16.3. The molecule has 1 aliphatic heterocycles. The fourth-order valence-corrected chi connectivity index (χ4v) is 2.31. The van der Waals surface area contributed by atoms with Crippen LogP contribution < -0.4 is 10.6 Å². The van der Waals surface area contributed by atoms with E-state index in [0.717, 1.165) is 31.6 Å². The lowest BCUT2D eigenvalue weighted by atomic mass is 10.0. The number of para-hydroxylation sites is 1. The Labute approximate surface area is 94.8 Å². The standard InChI is InChI=1S/C13H16N2O/c1-2-4-13-12(3-1)10(9-16-13)7-11-8-14-5-6-15-11/h1-4,9,11,14-15H,5-8H2. The Morgan fingerprint density at radius 2 is 2.19 bits per heavy atom. The summed E-state index contributed by atoms with van der Waals surface area (Å²) in [6, 6.07) is 8.74. The molecule has 84 valence electrons. The second kappa shape index (κ2) is 4.28. The van der Waals surface area contributed by atoms with E-state index < -0.39 is 0 Å². The van der Waals surface area contributed by atoms with Gasteiger partial charge in [-0.1, -0.05) is 18.2 Å². The highest BCUT2D eigenvalue weighted by molar-refractivity contribution is 5.80. The average Bonchev–Trinajstić information content (AvgIpc) is 2.74. The third-order valence-corrected chi connectivity index (χ3v) is 3.15. The molecule has 3 nitrogen and oxygen atoms in total. The molecule has 0 saturated carbocycles. The topological polar surface area (TPSA) is 37.2 Å². The van der Waals surface area contributed by atoms with Gasteiger partial charge < -0.3 is 15.1 Å². The van der Waals surface area contributed by atoms with Crippen molar-refractivity contribution in [3.8, 4) is 0 Å². The summed E-state index contributed by atoms with van der Waals surface area (Å²) in [7, 11) is 0. The van der Waals surface area contributed by atoms with Crippen LogP contribution in [0.4, 0.5) is 0 Å². The Morgan fingerprint density at radius 1 is 1.25 bits per heavy atom. The molecule has 1 aromatic heterocycles. The van der Waals surface area contributed by atoms with Crippen LogP contribution in [-0.4, -0.2) is 25.7 Å². The van der Waals surface area contributed by atoms with E-state index in [-0.39, 0.29) is 0 Å². The van der Waals surface area contributed by atoms with Crippen LogP contribution in [0.3, 0.4) is 0 Å². The fourth-order valence-electron chi connectivity index (χ4n) is 2.31. The Bertz CT molecular complexity index is 471. The van der Waals surface area contributed by atoms with E-state index in [4.69, 9.17) is 4.42 Å². The third kappa shape index (κ3) is 1.84. The first-order valence-electron chi connectivity index (χ1n) is 5.83. The molecule has 1 aliphatic rings. The zero-order valence-electron chi connectivity index (χ0n) is 9.20. The molecule has 2 N–H and O–H groups in total. The largest absolute Gasteiger partial charge is 0.464 e. The van der Waals surface area contributed by atoms with Crippen molar-refractivity contribution in [3.63, 3.8) is 0 Å². The predicted molar refractivity (Wildman–Crippen MR) is 64.6 cm³/mol. The third-order valence-electron chi connectivity index (χ3n) is 3.15. The molecular weight excluding hydrogens is 200 g/mol. The fraction of sp³-hybridized carbons (Fsp3) is 0.385. The number of rotatable bonds is 2. The Balaban J connectivity index is 1.83. The molecule has 0 aliphatic carbocycles. The Hall–Kier alpha value is -1.32. The monoisotopic (exact) mass is 216 g/mol. The van der Waals surface area contributed by atoms with E-state index in [9.17, 15) is 0 Å². The smallest absolute Gasteiger partial charge is 0.134 e. The maximum atomic E-state index is 5.54. The minimum Gasteiger partial charge on any atom is -0.464 e. The van der Waals surface area contributed by atoms with Crippen LogP contribution in [0.25, 0.3) is 11.0 Å². The van der Waals surface area contributed by atoms with Crippen molar-refractivity contribution in [2.45, 2.75) is 12.5 Å². The van der Waals surface area contributed by atoms with Gasteiger partial charge in [0.05, 0.1) is 6.26 Å². The normalized spacial score (nSPS) is 21.4. The van der Waals surface area contributed by atoms with E-state index in [1.54, 1.807) is 0 Å². The zero-order chi connectivity index (χ0) is 10.8. The summed E-state index contributed by atoms with van der Waals surface area (Å²) < 4.78 is 5.54. The van der Waals surface area contributed by atoms with Gasteiger partial charge in [-0.25, -0.2) is 0 Å². The van der Waals surface area contributed by atoms with Crippen molar-refractivity contribution >= 4 is 11.0 Å². The second-order valence-electron chi connectivity index (χ2n) is 4.32. The van der Waals surface area contributed by atoms with Gasteiger partial charge in [-0.2, -0.15) is 0 Å². The van der Waals surface area contributed by atoms with Crippen molar-refractivity contribution in [3.05, 3.63) is 36.1 Å². The van der Waals surface area contributed by atoms with Gasteiger partial charge in [-0.05, 0) is 18.1 Å². The molecule has 1 unspecified atom stereocenters. The second-order valence-corrected chi connectivity index (χ2v) is 4.32. The lowest BCUT2D eigenvalue weighted by Gasteiger charge is -2.24. The minimum absolute atomic E-state index is 0.523. The molecule has 1 fully saturated rings. The molecule has 0 bridgehead atoms. The Kier molecular flexibility index (Phi) is 2.64. The van der Waals surface area contributed by atoms with Crippen LogP contribution in [0.15, 0.2) is 34.9 Å². The molecule has 2 heterocycles. The lowest BCUT2D eigenvalue weighted by molar-refractivity contribution is 0.416. The molecule has 0 radical (unpaired) electrons. The molecule has 16 heavy (non-hydrogen) atoms. The number of hydrogen-bond acceptors (Lipinski definition) is 3. The van der Waals surface area contributed by atoms with Gasteiger partial charge >= 0.3 is 0 Å². The summed E-state index contributed by atoms with van der Waals surface area (Å²) in [5.41, 5.74) is 2.29. The maximum absolute atomic E-state index is 5.54. The van der Waals surface area contributed by atoms with Crippen molar-refractivity contribution in [1.29, 1.82) is 0 Å². The first kappa shape index (κ1) is 9.87. The molecule has 1 atom stereocenters.